The highest BCUT2D eigenvalue weighted by Gasteiger charge is 2.07. The molecule has 0 aliphatic heterocycles. The van der Waals surface area contributed by atoms with E-state index in [4.69, 9.17) is 0 Å². The number of aromatic nitrogens is 3. The fraction of sp³-hybridized carbons (Fsp3) is 0.143. The van der Waals surface area contributed by atoms with Crippen molar-refractivity contribution in [2.45, 2.75) is 11.8 Å². The van der Waals surface area contributed by atoms with Crippen LogP contribution in [0.5, 0.6) is 0 Å². The molecule has 2 aromatic carbocycles. The zero-order valence-corrected chi connectivity index (χ0v) is 11.5. The summed E-state index contributed by atoms with van der Waals surface area (Å²) in [4.78, 5) is 0.215. The van der Waals surface area contributed by atoms with Crippen molar-refractivity contribution in [3.8, 4) is 5.69 Å². The summed E-state index contributed by atoms with van der Waals surface area (Å²) >= 11 is 3.49. The summed E-state index contributed by atoms with van der Waals surface area (Å²) < 4.78 is 1.81. The third-order valence-electron chi connectivity index (χ3n) is 2.92. The van der Waals surface area contributed by atoms with Gasteiger partial charge in [-0.05, 0) is 29.8 Å². The molecule has 1 atom stereocenters. The quantitative estimate of drug-likeness (QED) is 0.673. The van der Waals surface area contributed by atoms with Gasteiger partial charge in [0, 0.05) is 0 Å². The summed E-state index contributed by atoms with van der Waals surface area (Å²) in [6.07, 6.45) is 1.95. The molecule has 1 heterocycles. The summed E-state index contributed by atoms with van der Waals surface area (Å²) in [5, 5.41) is 10.7. The van der Waals surface area contributed by atoms with Crippen LogP contribution in [0.15, 0.2) is 48.7 Å². The zero-order chi connectivity index (χ0) is 12.5. The molecule has 4 heteroatoms. The van der Waals surface area contributed by atoms with Crippen LogP contribution in [0.2, 0.25) is 0 Å². The Morgan fingerprint density at radius 3 is 2.61 bits per heavy atom. The molecule has 0 aliphatic carbocycles. The number of benzene rings is 2. The van der Waals surface area contributed by atoms with Crippen molar-refractivity contribution >= 4 is 26.7 Å². The number of alkyl halides is 1. The summed E-state index contributed by atoms with van der Waals surface area (Å²) in [6.45, 7) is 2.04. The SMILES string of the molecule is CC(Br)c1cn(-c2ccc3ccccc3c2)nn1. The minimum absolute atomic E-state index is 0.215. The van der Waals surface area contributed by atoms with Crippen molar-refractivity contribution < 1.29 is 0 Å². The molecule has 0 saturated heterocycles. The van der Waals surface area contributed by atoms with Crippen LogP contribution in [-0.4, -0.2) is 15.0 Å². The van der Waals surface area contributed by atoms with Gasteiger partial charge in [-0.15, -0.1) is 5.10 Å². The Balaban J connectivity index is 2.07. The Bertz CT molecular complexity index is 688. The van der Waals surface area contributed by atoms with E-state index in [9.17, 15) is 0 Å². The number of halogens is 1. The lowest BCUT2D eigenvalue weighted by Gasteiger charge is -2.02. The number of fused-ring (bicyclic) bond motifs is 1. The lowest BCUT2D eigenvalue weighted by atomic mass is 10.1. The highest BCUT2D eigenvalue weighted by atomic mass is 79.9. The number of rotatable bonds is 2. The Morgan fingerprint density at radius 1 is 1.11 bits per heavy atom. The second-order valence-electron chi connectivity index (χ2n) is 4.24. The van der Waals surface area contributed by atoms with E-state index >= 15 is 0 Å². The molecule has 3 nitrogen and oxygen atoms in total. The maximum Gasteiger partial charge on any atom is 0.0965 e. The molecule has 18 heavy (non-hydrogen) atoms. The molecule has 1 aromatic heterocycles. The highest BCUT2D eigenvalue weighted by molar-refractivity contribution is 9.09. The zero-order valence-electron chi connectivity index (χ0n) is 9.92. The lowest BCUT2D eigenvalue weighted by Crippen LogP contribution is -1.94. The molecule has 90 valence electrons. The van der Waals surface area contributed by atoms with Crippen molar-refractivity contribution in [2.24, 2.45) is 0 Å². The van der Waals surface area contributed by atoms with Crippen LogP contribution in [0.3, 0.4) is 0 Å². The molecule has 0 fully saturated rings. The summed E-state index contributed by atoms with van der Waals surface area (Å²) in [5.41, 5.74) is 1.96. The molecule has 3 aromatic rings. The fourth-order valence-corrected chi connectivity index (χ4v) is 2.11. The molecule has 0 N–H and O–H groups in total. The third-order valence-corrected chi connectivity index (χ3v) is 3.39. The van der Waals surface area contributed by atoms with Crippen LogP contribution in [-0.2, 0) is 0 Å². The van der Waals surface area contributed by atoms with Crippen molar-refractivity contribution in [1.29, 1.82) is 0 Å². The molecule has 0 aliphatic rings. The van der Waals surface area contributed by atoms with E-state index in [2.05, 4.69) is 56.6 Å². The van der Waals surface area contributed by atoms with Gasteiger partial charge in [-0.2, -0.15) is 0 Å². The first-order valence-corrected chi connectivity index (χ1v) is 6.71. The van der Waals surface area contributed by atoms with Crippen LogP contribution in [0.1, 0.15) is 17.4 Å². The lowest BCUT2D eigenvalue weighted by molar-refractivity contribution is 0.798. The first kappa shape index (κ1) is 11.4. The first-order valence-electron chi connectivity index (χ1n) is 5.79. The fourth-order valence-electron chi connectivity index (χ4n) is 1.90. The minimum atomic E-state index is 0.215. The molecule has 0 spiro atoms. The van der Waals surface area contributed by atoms with Gasteiger partial charge in [-0.3, -0.25) is 0 Å². The number of hydrogen-bond acceptors (Lipinski definition) is 2. The Hall–Kier alpha value is -1.68. The molecule has 0 bridgehead atoms. The largest absolute Gasteiger partial charge is 0.220 e. The van der Waals surface area contributed by atoms with E-state index in [-0.39, 0.29) is 4.83 Å². The predicted molar refractivity (Wildman–Crippen MR) is 76.2 cm³/mol. The maximum atomic E-state index is 4.15. The second kappa shape index (κ2) is 4.53. The normalized spacial score (nSPS) is 12.8. The monoisotopic (exact) mass is 301 g/mol. The molecular weight excluding hydrogens is 290 g/mol. The molecular formula is C14H12BrN3. The topological polar surface area (TPSA) is 30.7 Å². The van der Waals surface area contributed by atoms with Crippen LogP contribution >= 0.6 is 15.9 Å². The van der Waals surface area contributed by atoms with Crippen LogP contribution in [0, 0.1) is 0 Å². The van der Waals surface area contributed by atoms with Crippen molar-refractivity contribution in [2.75, 3.05) is 0 Å². The van der Waals surface area contributed by atoms with E-state index in [0.29, 0.717) is 0 Å². The van der Waals surface area contributed by atoms with Gasteiger partial charge >= 0.3 is 0 Å². The third kappa shape index (κ3) is 2.04. The first-order chi connectivity index (χ1) is 8.74. The van der Waals surface area contributed by atoms with Gasteiger partial charge in [-0.25, -0.2) is 4.68 Å². The summed E-state index contributed by atoms with van der Waals surface area (Å²) in [7, 11) is 0. The van der Waals surface area contributed by atoms with E-state index in [0.717, 1.165) is 11.4 Å². The average molecular weight is 302 g/mol. The van der Waals surface area contributed by atoms with Gasteiger partial charge in [-0.1, -0.05) is 51.5 Å². The van der Waals surface area contributed by atoms with Crippen LogP contribution in [0.25, 0.3) is 16.5 Å². The van der Waals surface area contributed by atoms with Gasteiger partial charge in [0.2, 0.25) is 0 Å². The molecule has 0 radical (unpaired) electrons. The van der Waals surface area contributed by atoms with E-state index in [1.165, 1.54) is 10.8 Å². The van der Waals surface area contributed by atoms with E-state index in [1.54, 1.807) is 4.68 Å². The Morgan fingerprint density at radius 2 is 1.89 bits per heavy atom. The number of nitrogens with zero attached hydrogens (tertiary/aromatic N) is 3. The van der Waals surface area contributed by atoms with Gasteiger partial charge in [0.15, 0.2) is 0 Å². The highest BCUT2D eigenvalue weighted by Crippen LogP contribution is 2.21. The molecule has 3 rings (SSSR count). The average Bonchev–Trinajstić information content (AvgIpc) is 2.88. The van der Waals surface area contributed by atoms with E-state index < -0.39 is 0 Å². The van der Waals surface area contributed by atoms with Crippen molar-refractivity contribution in [1.82, 2.24) is 15.0 Å². The maximum absolute atomic E-state index is 4.15. The standard InChI is InChI=1S/C14H12BrN3/c1-10(15)14-9-18(17-16-14)13-7-6-11-4-2-3-5-12(11)8-13/h2-10H,1H3. The van der Waals surface area contributed by atoms with Crippen LogP contribution < -0.4 is 0 Å². The molecule has 0 saturated carbocycles. The summed E-state index contributed by atoms with van der Waals surface area (Å²) in [5.74, 6) is 0. The van der Waals surface area contributed by atoms with Crippen LogP contribution in [0.4, 0.5) is 0 Å². The van der Waals surface area contributed by atoms with Gasteiger partial charge in [0.05, 0.1) is 22.4 Å². The molecule has 0 amide bonds. The minimum Gasteiger partial charge on any atom is -0.220 e. The van der Waals surface area contributed by atoms with Gasteiger partial charge in [0.1, 0.15) is 0 Å². The van der Waals surface area contributed by atoms with Gasteiger partial charge < -0.3 is 0 Å². The smallest absolute Gasteiger partial charge is 0.0965 e. The Labute approximate surface area is 114 Å². The Kier molecular flexibility index (Phi) is 2.88. The summed E-state index contributed by atoms with van der Waals surface area (Å²) in [6, 6.07) is 14.6. The second-order valence-corrected chi connectivity index (χ2v) is 5.61. The van der Waals surface area contributed by atoms with Crippen molar-refractivity contribution in [3.63, 3.8) is 0 Å². The van der Waals surface area contributed by atoms with E-state index in [1.807, 2.05) is 25.3 Å². The molecule has 1 unspecified atom stereocenters. The van der Waals surface area contributed by atoms with Crippen molar-refractivity contribution in [3.05, 3.63) is 54.4 Å². The van der Waals surface area contributed by atoms with Gasteiger partial charge in [0.25, 0.3) is 0 Å². The predicted octanol–water partition coefficient (Wildman–Crippen LogP) is 3.88. The number of hydrogen-bond donors (Lipinski definition) is 0.